The Morgan fingerprint density at radius 2 is 2.16 bits per heavy atom. The van der Waals surface area contributed by atoms with Crippen LogP contribution in [0.5, 0.6) is 5.88 Å². The lowest BCUT2D eigenvalue weighted by Gasteiger charge is -2.30. The molecule has 25 heavy (non-hydrogen) atoms. The average molecular weight is 367 g/mol. The van der Waals surface area contributed by atoms with Crippen molar-refractivity contribution in [2.45, 2.75) is 32.2 Å². The molecular formula is C17H25N3O4S. The summed E-state index contributed by atoms with van der Waals surface area (Å²) in [7, 11) is -3.24. The van der Waals surface area contributed by atoms with Gasteiger partial charge in [-0.1, -0.05) is 6.07 Å². The second kappa shape index (κ2) is 7.70. The lowest BCUT2D eigenvalue weighted by Crippen LogP contribution is -2.44. The van der Waals surface area contributed by atoms with Crippen molar-refractivity contribution in [3.05, 3.63) is 23.9 Å². The van der Waals surface area contributed by atoms with E-state index < -0.39 is 10.0 Å². The number of hydrogen-bond acceptors (Lipinski definition) is 5. The van der Waals surface area contributed by atoms with Crippen LogP contribution in [-0.2, 0) is 21.4 Å². The van der Waals surface area contributed by atoms with Crippen molar-refractivity contribution >= 4 is 15.9 Å². The predicted molar refractivity (Wildman–Crippen MR) is 93.4 cm³/mol. The van der Waals surface area contributed by atoms with Crippen LogP contribution < -0.4 is 10.1 Å². The van der Waals surface area contributed by atoms with Crippen LogP contribution >= 0.6 is 0 Å². The number of amides is 1. The van der Waals surface area contributed by atoms with Gasteiger partial charge < -0.3 is 10.1 Å². The molecule has 1 atom stereocenters. The Labute approximate surface area is 148 Å². The number of nitrogens with zero attached hydrogens (tertiary/aromatic N) is 2. The van der Waals surface area contributed by atoms with Gasteiger partial charge in [0, 0.05) is 31.9 Å². The van der Waals surface area contributed by atoms with E-state index in [0.717, 1.165) is 12.2 Å². The maximum absolute atomic E-state index is 12.3. The molecule has 8 heteroatoms. The molecule has 7 nitrogen and oxygen atoms in total. The largest absolute Gasteiger partial charge is 0.477 e. The minimum atomic E-state index is -3.24. The first-order valence-corrected chi connectivity index (χ1v) is 10.6. The van der Waals surface area contributed by atoms with Gasteiger partial charge >= 0.3 is 0 Å². The number of sulfonamides is 1. The lowest BCUT2D eigenvalue weighted by molar-refractivity contribution is -0.126. The molecule has 3 rings (SSSR count). The Balaban J connectivity index is 1.46. The van der Waals surface area contributed by atoms with Crippen LogP contribution in [0.3, 0.4) is 0 Å². The molecule has 1 N–H and O–H groups in total. The number of ether oxygens (including phenoxy) is 1. The summed E-state index contributed by atoms with van der Waals surface area (Å²) >= 11 is 0. The second-order valence-electron chi connectivity index (χ2n) is 6.94. The van der Waals surface area contributed by atoms with Crippen LogP contribution in [0.15, 0.2) is 18.3 Å². The third-order valence-corrected chi connectivity index (χ3v) is 5.92. The van der Waals surface area contributed by atoms with Crippen molar-refractivity contribution in [2.24, 2.45) is 11.8 Å². The molecule has 0 radical (unpaired) electrons. The number of aromatic nitrogens is 1. The maximum atomic E-state index is 12.3. The summed E-state index contributed by atoms with van der Waals surface area (Å²) in [5.74, 6) is 0.890. The zero-order chi connectivity index (χ0) is 17.9. The molecule has 0 bridgehead atoms. The molecule has 2 heterocycles. The van der Waals surface area contributed by atoms with Gasteiger partial charge in [0.15, 0.2) is 0 Å². The number of carbonyl (C=O) groups excluding carboxylic acids is 1. The average Bonchev–Trinajstić information content (AvgIpc) is 3.42. The number of piperidine rings is 1. The number of carbonyl (C=O) groups is 1. The topological polar surface area (TPSA) is 88.6 Å². The fourth-order valence-corrected chi connectivity index (χ4v) is 3.79. The van der Waals surface area contributed by atoms with Gasteiger partial charge in [0.25, 0.3) is 0 Å². The van der Waals surface area contributed by atoms with Gasteiger partial charge in [0.2, 0.25) is 21.8 Å². The highest BCUT2D eigenvalue weighted by molar-refractivity contribution is 7.88. The molecule has 1 aromatic rings. The number of nitrogens with one attached hydrogen (secondary N) is 1. The Bertz CT molecular complexity index is 701. The van der Waals surface area contributed by atoms with E-state index in [1.807, 2.05) is 12.1 Å². The summed E-state index contributed by atoms with van der Waals surface area (Å²) in [6.07, 6.45) is 6.78. The molecule has 1 aliphatic heterocycles. The van der Waals surface area contributed by atoms with Crippen molar-refractivity contribution in [1.29, 1.82) is 0 Å². The predicted octanol–water partition coefficient (Wildman–Crippen LogP) is 1.16. The quantitative estimate of drug-likeness (QED) is 0.781. The van der Waals surface area contributed by atoms with Crippen molar-refractivity contribution < 1.29 is 17.9 Å². The summed E-state index contributed by atoms with van der Waals surface area (Å²) in [5.41, 5.74) is 0.892. The van der Waals surface area contributed by atoms with Crippen LogP contribution in [0.4, 0.5) is 0 Å². The van der Waals surface area contributed by atoms with Crippen LogP contribution in [0.2, 0.25) is 0 Å². The Morgan fingerprint density at radius 3 is 2.80 bits per heavy atom. The molecule has 0 aromatic carbocycles. The van der Waals surface area contributed by atoms with E-state index >= 15 is 0 Å². The van der Waals surface area contributed by atoms with Crippen molar-refractivity contribution in [2.75, 3.05) is 26.0 Å². The van der Waals surface area contributed by atoms with Gasteiger partial charge in [-0.15, -0.1) is 0 Å². The van der Waals surface area contributed by atoms with Gasteiger partial charge in [-0.25, -0.2) is 17.7 Å². The Hall–Kier alpha value is -1.67. The second-order valence-corrected chi connectivity index (χ2v) is 8.92. The van der Waals surface area contributed by atoms with E-state index in [4.69, 9.17) is 4.74 Å². The normalized spacial score (nSPS) is 21.7. The summed E-state index contributed by atoms with van der Waals surface area (Å²) in [6.45, 7) is 1.86. The third-order valence-electron chi connectivity index (χ3n) is 4.65. The van der Waals surface area contributed by atoms with E-state index in [0.29, 0.717) is 37.7 Å². The van der Waals surface area contributed by atoms with Gasteiger partial charge in [-0.05, 0) is 37.2 Å². The summed E-state index contributed by atoms with van der Waals surface area (Å²) in [5, 5.41) is 2.88. The Morgan fingerprint density at radius 1 is 1.36 bits per heavy atom. The Kier molecular flexibility index (Phi) is 5.58. The number of hydrogen-bond donors (Lipinski definition) is 1. The van der Waals surface area contributed by atoms with Crippen LogP contribution in [0.25, 0.3) is 0 Å². The monoisotopic (exact) mass is 367 g/mol. The van der Waals surface area contributed by atoms with E-state index in [9.17, 15) is 13.2 Å². The highest BCUT2D eigenvalue weighted by atomic mass is 32.2. The zero-order valence-corrected chi connectivity index (χ0v) is 15.3. The fourth-order valence-electron chi connectivity index (χ4n) is 2.88. The van der Waals surface area contributed by atoms with Crippen LogP contribution in [-0.4, -0.2) is 49.6 Å². The highest BCUT2D eigenvalue weighted by Crippen LogP contribution is 2.29. The van der Waals surface area contributed by atoms with Crippen molar-refractivity contribution in [3.8, 4) is 5.88 Å². The lowest BCUT2D eigenvalue weighted by atomic mass is 9.99. The molecular weight excluding hydrogens is 342 g/mol. The van der Waals surface area contributed by atoms with E-state index in [1.54, 1.807) is 6.20 Å². The molecule has 0 unspecified atom stereocenters. The third kappa shape index (κ3) is 5.40. The molecule has 1 amide bonds. The van der Waals surface area contributed by atoms with E-state index in [1.165, 1.54) is 23.4 Å². The maximum Gasteiger partial charge on any atom is 0.224 e. The summed E-state index contributed by atoms with van der Waals surface area (Å²) in [4.78, 5) is 16.6. The summed E-state index contributed by atoms with van der Waals surface area (Å²) < 4.78 is 30.2. The molecule has 1 saturated carbocycles. The minimum Gasteiger partial charge on any atom is -0.477 e. The molecule has 1 aliphatic carbocycles. The van der Waals surface area contributed by atoms with Gasteiger partial charge in [0.05, 0.1) is 18.8 Å². The van der Waals surface area contributed by atoms with E-state index in [2.05, 4.69) is 10.3 Å². The zero-order valence-electron chi connectivity index (χ0n) is 14.5. The van der Waals surface area contributed by atoms with Crippen molar-refractivity contribution in [1.82, 2.24) is 14.6 Å². The molecule has 2 fully saturated rings. The van der Waals surface area contributed by atoms with Gasteiger partial charge in [-0.2, -0.15) is 0 Å². The van der Waals surface area contributed by atoms with Gasteiger partial charge in [-0.3, -0.25) is 4.79 Å². The minimum absolute atomic E-state index is 0.109. The summed E-state index contributed by atoms with van der Waals surface area (Å²) in [6, 6.07) is 3.70. The molecule has 2 aliphatic rings. The molecule has 1 aromatic heterocycles. The molecule has 1 saturated heterocycles. The first-order chi connectivity index (χ1) is 11.9. The highest BCUT2D eigenvalue weighted by Gasteiger charge is 2.30. The van der Waals surface area contributed by atoms with Crippen LogP contribution in [0.1, 0.15) is 31.2 Å². The first kappa shape index (κ1) is 18.1. The molecule has 138 valence electrons. The first-order valence-electron chi connectivity index (χ1n) is 8.72. The molecule has 0 spiro atoms. The SMILES string of the molecule is CS(=O)(=O)N1CCC[C@H](C(=O)NCc2ccc(OCC3CC3)nc2)C1. The number of pyridine rings is 1. The fraction of sp³-hybridized carbons (Fsp3) is 0.647. The van der Waals surface area contributed by atoms with E-state index in [-0.39, 0.29) is 18.4 Å². The van der Waals surface area contributed by atoms with Gasteiger partial charge in [0.1, 0.15) is 0 Å². The van der Waals surface area contributed by atoms with Crippen LogP contribution in [0, 0.1) is 11.8 Å². The van der Waals surface area contributed by atoms with Crippen molar-refractivity contribution in [3.63, 3.8) is 0 Å². The number of rotatable bonds is 7. The standard InChI is InChI=1S/C17H25N3O4S/c1-25(22,23)20-8-2-3-15(11-20)17(21)19-10-14-6-7-16(18-9-14)24-12-13-4-5-13/h6-7,9,13,15H,2-5,8,10-12H2,1H3,(H,19,21)/t15-/m0/s1. The smallest absolute Gasteiger partial charge is 0.224 e.